The van der Waals surface area contributed by atoms with E-state index in [1.165, 1.54) is 6.07 Å². The third kappa shape index (κ3) is 3.24. The summed E-state index contributed by atoms with van der Waals surface area (Å²) in [7, 11) is 0. The van der Waals surface area contributed by atoms with Gasteiger partial charge in [0, 0.05) is 43.5 Å². The number of rotatable bonds is 5. The van der Waals surface area contributed by atoms with Crippen LogP contribution in [0.1, 0.15) is 6.42 Å². The maximum atomic E-state index is 11.1. The Bertz CT molecular complexity index is 680. The fourth-order valence-electron chi connectivity index (χ4n) is 2.88. The van der Waals surface area contributed by atoms with Gasteiger partial charge >= 0.3 is 0 Å². The minimum Gasteiger partial charge on any atom is -0.379 e. The molecule has 0 unspecified atom stereocenters. The van der Waals surface area contributed by atoms with Crippen LogP contribution in [-0.4, -0.2) is 47.2 Å². The van der Waals surface area contributed by atoms with E-state index in [9.17, 15) is 10.1 Å². The highest BCUT2D eigenvalue weighted by molar-refractivity contribution is 6.31. The van der Waals surface area contributed by atoms with Crippen molar-refractivity contribution in [3.8, 4) is 0 Å². The number of ether oxygens (including phenoxy) is 1. The van der Waals surface area contributed by atoms with E-state index in [1.807, 2.05) is 10.8 Å². The fraction of sp³-hybridized carbons (Fsp3) is 0.467. The van der Waals surface area contributed by atoms with Crippen molar-refractivity contribution in [3.05, 3.63) is 39.5 Å². The van der Waals surface area contributed by atoms with Crippen LogP contribution in [0.2, 0.25) is 5.02 Å². The lowest BCUT2D eigenvalue weighted by atomic mass is 10.2. The third-order valence-corrected chi connectivity index (χ3v) is 4.22. The number of fused-ring (bicyclic) bond motifs is 1. The van der Waals surface area contributed by atoms with Gasteiger partial charge in [-0.2, -0.15) is 0 Å². The van der Waals surface area contributed by atoms with Gasteiger partial charge in [-0.3, -0.25) is 15.0 Å². The zero-order valence-corrected chi connectivity index (χ0v) is 13.0. The molecule has 2 heterocycles. The molecule has 22 heavy (non-hydrogen) atoms. The minimum absolute atomic E-state index is 0.0643. The van der Waals surface area contributed by atoms with E-state index >= 15 is 0 Å². The molecule has 1 fully saturated rings. The van der Waals surface area contributed by atoms with Crippen LogP contribution in [0, 0.1) is 10.1 Å². The summed E-state index contributed by atoms with van der Waals surface area (Å²) in [6.45, 7) is 5.38. The molecule has 0 bridgehead atoms. The van der Waals surface area contributed by atoms with E-state index in [1.54, 1.807) is 12.1 Å². The molecular formula is C15H18ClN3O3. The molecule has 0 atom stereocenters. The Morgan fingerprint density at radius 3 is 2.77 bits per heavy atom. The number of hydrogen-bond acceptors (Lipinski definition) is 4. The van der Waals surface area contributed by atoms with E-state index in [4.69, 9.17) is 16.3 Å². The van der Waals surface area contributed by atoms with Crippen LogP contribution in [0.3, 0.4) is 0 Å². The fourth-order valence-corrected chi connectivity index (χ4v) is 3.08. The van der Waals surface area contributed by atoms with E-state index in [2.05, 4.69) is 4.90 Å². The molecule has 6 nitrogen and oxygen atoms in total. The molecule has 3 rings (SSSR count). The van der Waals surface area contributed by atoms with Crippen LogP contribution in [-0.2, 0) is 11.3 Å². The summed E-state index contributed by atoms with van der Waals surface area (Å²) in [5, 5.41) is 12.2. The first-order valence-corrected chi connectivity index (χ1v) is 7.76. The summed E-state index contributed by atoms with van der Waals surface area (Å²) >= 11 is 6.01. The molecule has 1 aliphatic rings. The highest BCUT2D eigenvalue weighted by Gasteiger charge is 2.16. The van der Waals surface area contributed by atoms with Crippen LogP contribution >= 0.6 is 11.6 Å². The van der Waals surface area contributed by atoms with Crippen molar-refractivity contribution < 1.29 is 9.66 Å². The first-order valence-electron chi connectivity index (χ1n) is 7.38. The number of hydrogen-bond donors (Lipinski definition) is 0. The molecule has 0 amide bonds. The number of nitro groups is 1. The summed E-state index contributed by atoms with van der Waals surface area (Å²) in [6, 6.07) is 4.99. The van der Waals surface area contributed by atoms with Crippen molar-refractivity contribution in [1.82, 2.24) is 9.47 Å². The number of nitrogens with zero attached hydrogens (tertiary/aromatic N) is 3. The average Bonchev–Trinajstić information content (AvgIpc) is 2.90. The van der Waals surface area contributed by atoms with Crippen molar-refractivity contribution in [2.45, 2.75) is 13.0 Å². The standard InChI is InChI=1S/C15H18ClN3O3/c16-12-10-14-13(15(11-12)19(20)21)2-5-18(14)4-1-3-17-6-8-22-9-7-17/h2,5,10-11H,1,3-4,6-9H2. The lowest BCUT2D eigenvalue weighted by Crippen LogP contribution is -2.37. The van der Waals surface area contributed by atoms with Crippen molar-refractivity contribution in [1.29, 1.82) is 0 Å². The first-order chi connectivity index (χ1) is 10.6. The van der Waals surface area contributed by atoms with Gasteiger partial charge in [0.1, 0.15) is 0 Å². The second kappa shape index (κ2) is 6.64. The van der Waals surface area contributed by atoms with Crippen LogP contribution in [0.15, 0.2) is 24.4 Å². The molecule has 1 aromatic heterocycles. The summed E-state index contributed by atoms with van der Waals surface area (Å²) in [5.41, 5.74) is 0.885. The predicted octanol–water partition coefficient (Wildman–Crippen LogP) is 2.93. The summed E-state index contributed by atoms with van der Waals surface area (Å²) in [6.07, 6.45) is 2.89. The normalized spacial score (nSPS) is 16.2. The summed E-state index contributed by atoms with van der Waals surface area (Å²) in [4.78, 5) is 13.1. The van der Waals surface area contributed by atoms with E-state index in [0.717, 1.165) is 51.3 Å². The van der Waals surface area contributed by atoms with E-state index < -0.39 is 0 Å². The van der Waals surface area contributed by atoms with E-state index in [0.29, 0.717) is 10.4 Å². The van der Waals surface area contributed by atoms with Crippen molar-refractivity contribution >= 4 is 28.2 Å². The molecule has 0 aliphatic carbocycles. The third-order valence-electron chi connectivity index (χ3n) is 4.01. The number of morpholine rings is 1. The Labute approximate surface area is 133 Å². The Morgan fingerprint density at radius 2 is 2.05 bits per heavy atom. The molecule has 0 spiro atoms. The van der Waals surface area contributed by atoms with Gasteiger partial charge in [0.15, 0.2) is 0 Å². The molecule has 1 aliphatic heterocycles. The predicted molar refractivity (Wildman–Crippen MR) is 85.5 cm³/mol. The number of nitro benzene ring substituents is 1. The second-order valence-corrected chi connectivity index (χ2v) is 5.87. The number of halogens is 1. The maximum Gasteiger partial charge on any atom is 0.280 e. The van der Waals surface area contributed by atoms with Crippen LogP contribution < -0.4 is 0 Å². The molecule has 118 valence electrons. The Hall–Kier alpha value is -1.63. The maximum absolute atomic E-state index is 11.1. The lowest BCUT2D eigenvalue weighted by Gasteiger charge is -2.26. The second-order valence-electron chi connectivity index (χ2n) is 5.43. The van der Waals surface area contributed by atoms with Gasteiger partial charge in [0.25, 0.3) is 5.69 Å². The molecule has 0 saturated carbocycles. The van der Waals surface area contributed by atoms with Crippen LogP contribution in [0.25, 0.3) is 10.9 Å². The molecule has 0 radical (unpaired) electrons. The van der Waals surface area contributed by atoms with Crippen LogP contribution in [0.4, 0.5) is 5.69 Å². The van der Waals surface area contributed by atoms with Crippen molar-refractivity contribution in [2.75, 3.05) is 32.8 Å². The highest BCUT2D eigenvalue weighted by atomic mass is 35.5. The SMILES string of the molecule is O=[N+]([O-])c1cc(Cl)cc2c1ccn2CCCN1CCOCC1. The number of aryl methyl sites for hydroxylation is 1. The van der Waals surface area contributed by atoms with Gasteiger partial charge in [-0.25, -0.2) is 0 Å². The zero-order valence-electron chi connectivity index (χ0n) is 12.2. The Kier molecular flexibility index (Phi) is 4.61. The quantitative estimate of drug-likeness (QED) is 0.627. The van der Waals surface area contributed by atoms with Crippen molar-refractivity contribution in [2.24, 2.45) is 0 Å². The molecule has 1 aromatic carbocycles. The Balaban J connectivity index is 1.72. The lowest BCUT2D eigenvalue weighted by molar-refractivity contribution is -0.383. The average molecular weight is 324 g/mol. The molecule has 0 N–H and O–H groups in total. The van der Waals surface area contributed by atoms with Gasteiger partial charge in [-0.05, 0) is 18.6 Å². The number of benzene rings is 1. The van der Waals surface area contributed by atoms with Crippen LogP contribution in [0.5, 0.6) is 0 Å². The number of non-ortho nitro benzene ring substituents is 1. The zero-order chi connectivity index (χ0) is 15.5. The van der Waals surface area contributed by atoms with Gasteiger partial charge in [0.05, 0.1) is 29.0 Å². The number of aromatic nitrogens is 1. The van der Waals surface area contributed by atoms with Gasteiger partial charge in [0.2, 0.25) is 0 Å². The summed E-state index contributed by atoms with van der Waals surface area (Å²) < 4.78 is 7.37. The van der Waals surface area contributed by atoms with Gasteiger partial charge in [-0.1, -0.05) is 11.6 Å². The first kappa shape index (κ1) is 15.3. The van der Waals surface area contributed by atoms with Gasteiger partial charge < -0.3 is 9.30 Å². The largest absolute Gasteiger partial charge is 0.379 e. The van der Waals surface area contributed by atoms with E-state index in [-0.39, 0.29) is 10.6 Å². The Morgan fingerprint density at radius 1 is 1.27 bits per heavy atom. The topological polar surface area (TPSA) is 60.5 Å². The molecule has 7 heteroatoms. The highest BCUT2D eigenvalue weighted by Crippen LogP contribution is 2.30. The smallest absolute Gasteiger partial charge is 0.280 e. The molecular weight excluding hydrogens is 306 g/mol. The van der Waals surface area contributed by atoms with Gasteiger partial charge in [-0.15, -0.1) is 0 Å². The molecule has 2 aromatic rings. The monoisotopic (exact) mass is 323 g/mol. The van der Waals surface area contributed by atoms with Crippen molar-refractivity contribution in [3.63, 3.8) is 0 Å². The summed E-state index contributed by atoms with van der Waals surface area (Å²) in [5.74, 6) is 0. The minimum atomic E-state index is -0.383. The molecule has 1 saturated heterocycles.